The van der Waals surface area contributed by atoms with Crippen LogP contribution >= 0.6 is 0 Å². The normalized spacial score (nSPS) is 19.9. The number of carbonyl (C=O) groups excluding carboxylic acids is 2. The Labute approximate surface area is 231 Å². The van der Waals surface area contributed by atoms with Crippen LogP contribution in [0.2, 0.25) is 0 Å². The summed E-state index contributed by atoms with van der Waals surface area (Å²) in [6.07, 6.45) is 11.8. The van der Waals surface area contributed by atoms with E-state index in [0.717, 1.165) is 73.8 Å². The number of aryl methyl sites for hydroxylation is 1. The molecule has 0 atom stereocenters. The Morgan fingerprint density at radius 1 is 1.00 bits per heavy atom. The fraction of sp³-hybridized carbons (Fsp3) is 0.424. The van der Waals surface area contributed by atoms with E-state index in [1.807, 2.05) is 36.5 Å². The van der Waals surface area contributed by atoms with Gasteiger partial charge in [0.1, 0.15) is 5.75 Å². The first-order valence-corrected chi connectivity index (χ1v) is 14.2. The SMILES string of the molecule is COC(=O)C1CCC2(CCc3ccc(OCCCCNC(=O)Cc4cccc(-c5cccnc5)c4)cc32)CC1. The van der Waals surface area contributed by atoms with E-state index in [2.05, 4.69) is 34.6 Å². The number of fused-ring (bicyclic) bond motifs is 2. The van der Waals surface area contributed by atoms with Crippen LogP contribution in [-0.4, -0.2) is 37.1 Å². The van der Waals surface area contributed by atoms with Gasteiger partial charge < -0.3 is 14.8 Å². The first-order chi connectivity index (χ1) is 19.1. The van der Waals surface area contributed by atoms with Gasteiger partial charge in [0, 0.05) is 18.9 Å². The molecule has 6 heteroatoms. The summed E-state index contributed by atoms with van der Waals surface area (Å²) in [6, 6.07) is 18.5. The van der Waals surface area contributed by atoms with Crippen LogP contribution in [0.25, 0.3) is 11.1 Å². The van der Waals surface area contributed by atoms with Crippen molar-refractivity contribution in [1.29, 1.82) is 0 Å². The molecule has 2 aliphatic rings. The summed E-state index contributed by atoms with van der Waals surface area (Å²) < 4.78 is 11.1. The standard InChI is InChI=1S/C33H38N2O4/c1-38-32(37)26-12-15-33(16-13-26)14-11-25-9-10-29(22-30(25)33)39-19-3-2-18-35-31(36)21-24-6-4-7-27(20-24)28-8-5-17-34-23-28/h4-10,17,20,22-23,26H,2-3,11-16,18-19,21H2,1H3,(H,35,36). The van der Waals surface area contributed by atoms with E-state index in [-0.39, 0.29) is 23.2 Å². The number of aromatic nitrogens is 1. The largest absolute Gasteiger partial charge is 0.494 e. The number of ether oxygens (including phenoxy) is 2. The van der Waals surface area contributed by atoms with Crippen molar-refractivity contribution in [1.82, 2.24) is 10.3 Å². The number of nitrogens with one attached hydrogen (secondary N) is 1. The summed E-state index contributed by atoms with van der Waals surface area (Å²) in [5.41, 5.74) is 6.13. The van der Waals surface area contributed by atoms with Crippen molar-refractivity contribution < 1.29 is 19.1 Å². The summed E-state index contributed by atoms with van der Waals surface area (Å²) in [6.45, 7) is 1.26. The van der Waals surface area contributed by atoms with Gasteiger partial charge in [-0.3, -0.25) is 14.6 Å². The van der Waals surface area contributed by atoms with Crippen molar-refractivity contribution in [2.75, 3.05) is 20.3 Å². The van der Waals surface area contributed by atoms with Crippen molar-refractivity contribution in [2.45, 2.75) is 63.2 Å². The van der Waals surface area contributed by atoms with Gasteiger partial charge in [-0.2, -0.15) is 0 Å². The highest BCUT2D eigenvalue weighted by molar-refractivity contribution is 5.79. The van der Waals surface area contributed by atoms with Crippen LogP contribution in [0, 0.1) is 5.92 Å². The van der Waals surface area contributed by atoms with Crippen LogP contribution in [0.3, 0.4) is 0 Å². The highest BCUT2D eigenvalue weighted by Gasteiger charge is 2.43. The molecule has 0 bridgehead atoms. The molecule has 0 radical (unpaired) electrons. The number of unbranched alkanes of at least 4 members (excludes halogenated alkanes) is 1. The van der Waals surface area contributed by atoms with Gasteiger partial charge in [-0.05, 0) is 103 Å². The van der Waals surface area contributed by atoms with Crippen molar-refractivity contribution in [2.24, 2.45) is 5.92 Å². The first-order valence-electron chi connectivity index (χ1n) is 14.2. The molecule has 5 rings (SSSR count). The summed E-state index contributed by atoms with van der Waals surface area (Å²) in [5, 5.41) is 3.04. The fourth-order valence-corrected chi connectivity index (χ4v) is 6.24. The van der Waals surface area contributed by atoms with Crippen LogP contribution in [0.15, 0.2) is 67.0 Å². The highest BCUT2D eigenvalue weighted by Crippen LogP contribution is 2.50. The topological polar surface area (TPSA) is 77.5 Å². The molecule has 0 unspecified atom stereocenters. The third-order valence-corrected chi connectivity index (χ3v) is 8.45. The lowest BCUT2D eigenvalue weighted by Gasteiger charge is -2.37. The average molecular weight is 527 g/mol. The number of benzene rings is 2. The molecule has 2 aromatic carbocycles. The Hall–Kier alpha value is -3.67. The maximum atomic E-state index is 12.5. The van der Waals surface area contributed by atoms with Crippen LogP contribution in [-0.2, 0) is 32.6 Å². The molecule has 1 amide bonds. The van der Waals surface area contributed by atoms with E-state index >= 15 is 0 Å². The second kappa shape index (κ2) is 12.5. The smallest absolute Gasteiger partial charge is 0.308 e. The molecule has 1 fully saturated rings. The van der Waals surface area contributed by atoms with Gasteiger partial charge in [-0.1, -0.05) is 36.4 Å². The predicted octanol–water partition coefficient (Wildman–Crippen LogP) is 5.81. The summed E-state index contributed by atoms with van der Waals surface area (Å²) >= 11 is 0. The number of pyridine rings is 1. The van der Waals surface area contributed by atoms with Gasteiger partial charge >= 0.3 is 5.97 Å². The Morgan fingerprint density at radius 3 is 2.64 bits per heavy atom. The second-order valence-corrected chi connectivity index (χ2v) is 10.9. The summed E-state index contributed by atoms with van der Waals surface area (Å²) in [4.78, 5) is 28.6. The van der Waals surface area contributed by atoms with E-state index in [4.69, 9.17) is 9.47 Å². The highest BCUT2D eigenvalue weighted by atomic mass is 16.5. The van der Waals surface area contributed by atoms with Crippen molar-refractivity contribution in [3.05, 3.63) is 83.7 Å². The minimum Gasteiger partial charge on any atom is -0.494 e. The number of esters is 1. The van der Waals surface area contributed by atoms with Crippen LogP contribution in [0.5, 0.6) is 5.75 Å². The van der Waals surface area contributed by atoms with Crippen molar-refractivity contribution >= 4 is 11.9 Å². The summed E-state index contributed by atoms with van der Waals surface area (Å²) in [5.74, 6) is 0.931. The minimum absolute atomic E-state index is 0.0325. The summed E-state index contributed by atoms with van der Waals surface area (Å²) in [7, 11) is 1.49. The van der Waals surface area contributed by atoms with Crippen LogP contribution in [0.4, 0.5) is 0 Å². The molecule has 1 aromatic heterocycles. The van der Waals surface area contributed by atoms with E-state index in [9.17, 15) is 9.59 Å². The molecule has 0 aliphatic heterocycles. The number of carbonyl (C=O) groups is 2. The number of amides is 1. The number of hydrogen-bond donors (Lipinski definition) is 1. The van der Waals surface area contributed by atoms with Gasteiger partial charge in [-0.15, -0.1) is 0 Å². The second-order valence-electron chi connectivity index (χ2n) is 10.9. The van der Waals surface area contributed by atoms with Gasteiger partial charge in [-0.25, -0.2) is 0 Å². The molecule has 2 aliphatic carbocycles. The van der Waals surface area contributed by atoms with Gasteiger partial charge in [0.2, 0.25) is 5.91 Å². The Balaban J connectivity index is 1.04. The lowest BCUT2D eigenvalue weighted by Crippen LogP contribution is -2.32. The molecule has 39 heavy (non-hydrogen) atoms. The minimum atomic E-state index is -0.0635. The van der Waals surface area contributed by atoms with Crippen molar-refractivity contribution in [3.63, 3.8) is 0 Å². The van der Waals surface area contributed by atoms with Crippen LogP contribution in [0.1, 0.15) is 61.6 Å². The van der Waals surface area contributed by atoms with Crippen LogP contribution < -0.4 is 10.1 Å². The Morgan fingerprint density at radius 2 is 1.85 bits per heavy atom. The number of rotatable bonds is 10. The number of hydrogen-bond acceptors (Lipinski definition) is 5. The van der Waals surface area contributed by atoms with E-state index < -0.39 is 0 Å². The average Bonchev–Trinajstić information content (AvgIpc) is 3.32. The maximum absolute atomic E-state index is 12.5. The maximum Gasteiger partial charge on any atom is 0.308 e. The molecule has 1 spiro atoms. The zero-order chi connectivity index (χ0) is 27.1. The number of nitrogens with zero attached hydrogens (tertiary/aromatic N) is 1. The van der Waals surface area contributed by atoms with E-state index in [1.165, 1.54) is 18.2 Å². The Bertz CT molecular complexity index is 1280. The van der Waals surface area contributed by atoms with E-state index in [0.29, 0.717) is 19.6 Å². The zero-order valence-electron chi connectivity index (χ0n) is 22.8. The molecule has 1 heterocycles. The van der Waals surface area contributed by atoms with Crippen molar-refractivity contribution in [3.8, 4) is 16.9 Å². The predicted molar refractivity (Wildman–Crippen MR) is 152 cm³/mol. The molecule has 3 aromatic rings. The van der Waals surface area contributed by atoms with Gasteiger partial charge in [0.25, 0.3) is 0 Å². The molecule has 1 saturated carbocycles. The monoisotopic (exact) mass is 526 g/mol. The lowest BCUT2D eigenvalue weighted by atomic mass is 9.67. The number of methoxy groups -OCH3 is 1. The molecule has 204 valence electrons. The van der Waals surface area contributed by atoms with Gasteiger partial charge in [0.15, 0.2) is 0 Å². The molecule has 1 N–H and O–H groups in total. The molecular weight excluding hydrogens is 488 g/mol. The zero-order valence-corrected chi connectivity index (χ0v) is 22.8. The quantitative estimate of drug-likeness (QED) is 0.266. The molecular formula is C33H38N2O4. The van der Waals surface area contributed by atoms with Gasteiger partial charge in [0.05, 0.1) is 26.1 Å². The van der Waals surface area contributed by atoms with E-state index in [1.54, 1.807) is 6.20 Å². The third kappa shape index (κ3) is 6.49. The fourth-order valence-electron chi connectivity index (χ4n) is 6.24. The Kier molecular flexibility index (Phi) is 8.60. The third-order valence-electron chi connectivity index (χ3n) is 8.45. The first kappa shape index (κ1) is 26.9. The molecule has 0 saturated heterocycles. The molecule has 6 nitrogen and oxygen atoms in total. The lowest BCUT2D eigenvalue weighted by molar-refractivity contribution is -0.147.